The van der Waals surface area contributed by atoms with Gasteiger partial charge in [0.1, 0.15) is 0 Å². The molecule has 0 fully saturated rings. The summed E-state index contributed by atoms with van der Waals surface area (Å²) in [5.41, 5.74) is 18.3. The summed E-state index contributed by atoms with van der Waals surface area (Å²) < 4.78 is 0. The summed E-state index contributed by atoms with van der Waals surface area (Å²) in [7, 11) is 0. The van der Waals surface area contributed by atoms with Crippen molar-refractivity contribution in [1.29, 1.82) is 0 Å². The fourth-order valence-corrected chi connectivity index (χ4v) is 7.22. The molecule has 0 atom stereocenters. The molecule has 0 amide bonds. The average molecular weight is 621 g/mol. The lowest BCUT2D eigenvalue weighted by Gasteiger charge is -2.21. The molecule has 0 N–H and O–H groups in total. The van der Waals surface area contributed by atoms with Gasteiger partial charge in [0.15, 0.2) is 0 Å². The van der Waals surface area contributed by atoms with E-state index in [-0.39, 0.29) is 0 Å². The second kappa shape index (κ2) is 14.5. The standard InChI is InChI=1S/C43H32.C3H8.C2H4/c1-3-29-22-23-33(26-28(29)2)34-24-25-35-38(27-34)41(32-17-9-5-10-18-32)43-37-21-13-19-30-14-11-6-12-20-36(39(30)37)42(43)40(35)31-15-7-4-8-16-31;1-3-2;1-2/h3-11,13,15-27H,1,12,14H2,2H3;3H2,1-2H3;1-2H2/b11-6-,36-20+;;. The van der Waals surface area contributed by atoms with Crippen LogP contribution in [0.1, 0.15) is 54.5 Å². The zero-order chi connectivity index (χ0) is 33.6. The van der Waals surface area contributed by atoms with Gasteiger partial charge in [-0.2, -0.15) is 0 Å². The summed E-state index contributed by atoms with van der Waals surface area (Å²) in [6, 6.07) is 42.7. The van der Waals surface area contributed by atoms with Gasteiger partial charge in [0.2, 0.25) is 0 Å². The molecule has 0 unspecified atom stereocenters. The third-order valence-electron chi connectivity index (χ3n) is 9.18. The van der Waals surface area contributed by atoms with E-state index in [4.69, 9.17) is 0 Å². The monoisotopic (exact) mass is 620 g/mol. The molecule has 0 spiro atoms. The summed E-state index contributed by atoms with van der Waals surface area (Å²) >= 11 is 0. The Hall–Kier alpha value is -5.46. The van der Waals surface area contributed by atoms with Crippen LogP contribution in [0.15, 0.2) is 153 Å². The second-order valence-corrected chi connectivity index (χ2v) is 12.3. The van der Waals surface area contributed by atoms with Crippen molar-refractivity contribution < 1.29 is 0 Å². The molecule has 0 nitrogen and oxygen atoms in total. The number of aryl methyl sites for hydroxylation is 1. The predicted molar refractivity (Wildman–Crippen MR) is 212 cm³/mol. The van der Waals surface area contributed by atoms with Crippen molar-refractivity contribution in [2.75, 3.05) is 0 Å². The first-order valence-electron chi connectivity index (χ1n) is 17.1. The number of benzene rings is 6. The third-order valence-corrected chi connectivity index (χ3v) is 9.18. The van der Waals surface area contributed by atoms with Gasteiger partial charge in [-0.3, -0.25) is 0 Å². The van der Waals surface area contributed by atoms with Crippen molar-refractivity contribution in [3.63, 3.8) is 0 Å². The molecule has 6 aromatic carbocycles. The van der Waals surface area contributed by atoms with Crippen LogP contribution >= 0.6 is 0 Å². The van der Waals surface area contributed by atoms with E-state index in [1.165, 1.54) is 95.1 Å². The van der Waals surface area contributed by atoms with Crippen LogP contribution in [0.25, 0.3) is 66.9 Å². The molecule has 0 saturated carbocycles. The summed E-state index contributed by atoms with van der Waals surface area (Å²) in [5.74, 6) is 0. The van der Waals surface area contributed by atoms with E-state index in [0.717, 1.165) is 12.8 Å². The maximum absolute atomic E-state index is 4.00. The summed E-state index contributed by atoms with van der Waals surface area (Å²) in [6.45, 7) is 16.4. The van der Waals surface area contributed by atoms with Gasteiger partial charge in [0.05, 0.1) is 0 Å². The van der Waals surface area contributed by atoms with Gasteiger partial charge in [-0.1, -0.05) is 160 Å². The minimum atomic E-state index is 0.939. The van der Waals surface area contributed by atoms with Crippen LogP contribution < -0.4 is 0 Å². The molecule has 0 aromatic heterocycles. The number of allylic oxidation sites excluding steroid dienone is 3. The Kier molecular flexibility index (Phi) is 9.83. The number of rotatable bonds is 4. The molecule has 0 radical (unpaired) electrons. The number of fused-ring (bicyclic) bond motifs is 4. The lowest BCUT2D eigenvalue weighted by Crippen LogP contribution is -1.96. The van der Waals surface area contributed by atoms with Crippen LogP contribution in [0.3, 0.4) is 0 Å². The third kappa shape index (κ3) is 5.80. The first kappa shape index (κ1) is 32.5. The number of hydrogen-bond acceptors (Lipinski definition) is 0. The highest BCUT2D eigenvalue weighted by Crippen LogP contribution is 2.57. The molecule has 2 aliphatic rings. The van der Waals surface area contributed by atoms with Gasteiger partial charge in [0.25, 0.3) is 0 Å². The summed E-state index contributed by atoms with van der Waals surface area (Å²) in [4.78, 5) is 0. The fraction of sp³-hybridized carbons (Fsp3) is 0.125. The van der Waals surface area contributed by atoms with Crippen molar-refractivity contribution in [3.8, 4) is 44.5 Å². The molecule has 0 saturated heterocycles. The molecular formula is C48H44. The average Bonchev–Trinajstić information content (AvgIpc) is 3.44. The molecule has 48 heavy (non-hydrogen) atoms. The Morgan fingerprint density at radius 1 is 0.583 bits per heavy atom. The molecule has 6 aromatic rings. The van der Waals surface area contributed by atoms with E-state index in [0.29, 0.717) is 0 Å². The molecule has 0 heterocycles. The highest BCUT2D eigenvalue weighted by molar-refractivity contribution is 6.21. The molecule has 2 aliphatic carbocycles. The van der Waals surface area contributed by atoms with Crippen LogP contribution in [0.5, 0.6) is 0 Å². The normalized spacial score (nSPS) is 14.0. The van der Waals surface area contributed by atoms with Crippen LogP contribution in [0.4, 0.5) is 0 Å². The van der Waals surface area contributed by atoms with Gasteiger partial charge in [0, 0.05) is 0 Å². The Balaban J connectivity index is 0.000000762. The lowest BCUT2D eigenvalue weighted by molar-refractivity contribution is 1.09. The lowest BCUT2D eigenvalue weighted by atomic mass is 9.82. The van der Waals surface area contributed by atoms with Gasteiger partial charge < -0.3 is 0 Å². The van der Waals surface area contributed by atoms with Crippen molar-refractivity contribution >= 4 is 22.4 Å². The topological polar surface area (TPSA) is 0 Å². The van der Waals surface area contributed by atoms with Crippen molar-refractivity contribution in [1.82, 2.24) is 0 Å². The Bertz CT molecular complexity index is 2160. The van der Waals surface area contributed by atoms with E-state index in [9.17, 15) is 0 Å². The predicted octanol–water partition coefficient (Wildman–Crippen LogP) is 13.9. The van der Waals surface area contributed by atoms with Gasteiger partial charge in [-0.05, 0) is 115 Å². The van der Waals surface area contributed by atoms with Crippen LogP contribution in [-0.4, -0.2) is 0 Å². The van der Waals surface area contributed by atoms with Crippen molar-refractivity contribution in [2.45, 2.75) is 40.0 Å². The highest BCUT2D eigenvalue weighted by Gasteiger charge is 2.33. The van der Waals surface area contributed by atoms with Crippen molar-refractivity contribution in [3.05, 3.63) is 181 Å². The molecule has 0 aliphatic heterocycles. The fourth-order valence-electron chi connectivity index (χ4n) is 7.22. The van der Waals surface area contributed by atoms with Gasteiger partial charge >= 0.3 is 0 Å². The maximum Gasteiger partial charge on any atom is -0.000764 e. The first-order valence-corrected chi connectivity index (χ1v) is 17.1. The SMILES string of the molecule is C=C.C=Cc1ccc(-c2ccc3c(-c4ccccc4)c4c(c(-c5ccccc5)c3c2)-c2cccc3c2/C4=C\C/C=C\C3)cc1C.CCC. The van der Waals surface area contributed by atoms with Crippen molar-refractivity contribution in [2.24, 2.45) is 0 Å². The van der Waals surface area contributed by atoms with Gasteiger partial charge in [-0.15, -0.1) is 13.2 Å². The Morgan fingerprint density at radius 2 is 1.21 bits per heavy atom. The molecule has 0 bridgehead atoms. The van der Waals surface area contributed by atoms with E-state index in [1.54, 1.807) is 0 Å². The number of hydrogen-bond donors (Lipinski definition) is 0. The Labute approximate surface area is 287 Å². The van der Waals surface area contributed by atoms with E-state index in [1.807, 2.05) is 6.08 Å². The van der Waals surface area contributed by atoms with Crippen LogP contribution in [0, 0.1) is 6.92 Å². The summed E-state index contributed by atoms with van der Waals surface area (Å²) in [6.07, 6.45) is 12.2. The molecule has 0 heteroatoms. The van der Waals surface area contributed by atoms with Crippen LogP contribution in [0.2, 0.25) is 0 Å². The van der Waals surface area contributed by atoms with Crippen LogP contribution in [-0.2, 0) is 6.42 Å². The zero-order valence-corrected chi connectivity index (χ0v) is 28.5. The van der Waals surface area contributed by atoms with E-state index < -0.39 is 0 Å². The first-order chi connectivity index (χ1) is 23.6. The minimum Gasteiger partial charge on any atom is -0.106 e. The Morgan fingerprint density at radius 3 is 1.85 bits per heavy atom. The largest absolute Gasteiger partial charge is 0.106 e. The second-order valence-electron chi connectivity index (χ2n) is 12.3. The van der Waals surface area contributed by atoms with E-state index >= 15 is 0 Å². The quantitative estimate of drug-likeness (QED) is 0.172. The maximum atomic E-state index is 4.00. The smallest absolute Gasteiger partial charge is 0.000764 e. The highest BCUT2D eigenvalue weighted by atomic mass is 14.4. The van der Waals surface area contributed by atoms with Gasteiger partial charge in [-0.25, -0.2) is 0 Å². The van der Waals surface area contributed by atoms with E-state index in [2.05, 4.69) is 174 Å². The minimum absolute atomic E-state index is 0.939. The molecule has 236 valence electrons. The molecule has 8 rings (SSSR count). The molecular weight excluding hydrogens is 577 g/mol. The summed E-state index contributed by atoms with van der Waals surface area (Å²) in [5, 5.41) is 2.58. The zero-order valence-electron chi connectivity index (χ0n) is 28.5.